The van der Waals surface area contributed by atoms with Crippen molar-refractivity contribution in [3.05, 3.63) is 23.8 Å². The van der Waals surface area contributed by atoms with Gasteiger partial charge < -0.3 is 10.1 Å². The van der Waals surface area contributed by atoms with E-state index < -0.39 is 0 Å². The maximum atomic E-state index is 11.4. The molecule has 1 amide bonds. The van der Waals surface area contributed by atoms with Crippen molar-refractivity contribution in [2.45, 2.75) is 44.9 Å². The molecule has 1 heterocycles. The van der Waals surface area contributed by atoms with Gasteiger partial charge in [-0.15, -0.1) is 11.6 Å². The summed E-state index contributed by atoms with van der Waals surface area (Å²) >= 11 is 6.79. The third-order valence-corrected chi connectivity index (χ3v) is 5.45. The number of halogens is 1. The molecule has 1 saturated carbocycles. The highest BCUT2D eigenvalue weighted by molar-refractivity contribution is 6.21. The van der Waals surface area contributed by atoms with Gasteiger partial charge >= 0.3 is 0 Å². The molecule has 0 spiro atoms. The van der Waals surface area contributed by atoms with E-state index in [0.29, 0.717) is 5.92 Å². The Balaban J connectivity index is 1.86. The molecule has 0 saturated heterocycles. The van der Waals surface area contributed by atoms with Crippen LogP contribution in [0.1, 0.15) is 50.5 Å². The van der Waals surface area contributed by atoms with E-state index >= 15 is 0 Å². The van der Waals surface area contributed by atoms with Gasteiger partial charge in [0.25, 0.3) is 5.91 Å². The Morgan fingerprint density at radius 3 is 2.95 bits per heavy atom. The lowest BCUT2D eigenvalue weighted by atomic mass is 9.66. The monoisotopic (exact) mass is 307 g/mol. The van der Waals surface area contributed by atoms with Crippen molar-refractivity contribution in [3.8, 4) is 5.75 Å². The average Bonchev–Trinajstić information content (AvgIpc) is 2.45. The van der Waals surface area contributed by atoms with Gasteiger partial charge in [-0.1, -0.05) is 32.8 Å². The number of ether oxygens (including phenoxy) is 1. The highest BCUT2D eigenvalue weighted by Gasteiger charge is 2.37. The molecule has 0 radical (unpaired) electrons. The normalized spacial score (nSPS) is 25.5. The third kappa shape index (κ3) is 2.89. The van der Waals surface area contributed by atoms with Crippen LogP contribution in [0, 0.1) is 11.3 Å². The second-order valence-electron chi connectivity index (χ2n) is 6.84. The summed E-state index contributed by atoms with van der Waals surface area (Å²) in [5.74, 6) is 1.08. The van der Waals surface area contributed by atoms with Gasteiger partial charge in [-0.05, 0) is 41.9 Å². The van der Waals surface area contributed by atoms with E-state index in [2.05, 4.69) is 19.2 Å². The Morgan fingerprint density at radius 1 is 1.38 bits per heavy atom. The number of hydrogen-bond acceptors (Lipinski definition) is 2. The molecule has 114 valence electrons. The highest BCUT2D eigenvalue weighted by atomic mass is 35.5. The van der Waals surface area contributed by atoms with E-state index in [-0.39, 0.29) is 23.3 Å². The Kier molecular flexibility index (Phi) is 3.87. The number of alkyl halides is 1. The van der Waals surface area contributed by atoms with Crippen LogP contribution >= 0.6 is 11.6 Å². The van der Waals surface area contributed by atoms with E-state index in [9.17, 15) is 4.79 Å². The lowest BCUT2D eigenvalue weighted by molar-refractivity contribution is -0.118. The van der Waals surface area contributed by atoms with Crippen molar-refractivity contribution in [1.29, 1.82) is 0 Å². The van der Waals surface area contributed by atoms with Crippen LogP contribution < -0.4 is 10.1 Å². The summed E-state index contributed by atoms with van der Waals surface area (Å²) in [7, 11) is 0. The summed E-state index contributed by atoms with van der Waals surface area (Å²) < 4.78 is 5.40. The van der Waals surface area contributed by atoms with Gasteiger partial charge in [0, 0.05) is 0 Å². The van der Waals surface area contributed by atoms with Crippen molar-refractivity contribution in [3.63, 3.8) is 0 Å². The van der Waals surface area contributed by atoms with Crippen LogP contribution in [0.5, 0.6) is 5.75 Å². The van der Waals surface area contributed by atoms with Crippen molar-refractivity contribution in [2.75, 3.05) is 11.9 Å². The molecule has 1 fully saturated rings. The third-order valence-electron chi connectivity index (χ3n) is 4.90. The first-order valence-corrected chi connectivity index (χ1v) is 8.12. The van der Waals surface area contributed by atoms with Crippen LogP contribution in [0.3, 0.4) is 0 Å². The molecule has 3 nitrogen and oxygen atoms in total. The van der Waals surface area contributed by atoms with Crippen LogP contribution in [0.25, 0.3) is 0 Å². The molecule has 1 N–H and O–H groups in total. The highest BCUT2D eigenvalue weighted by Crippen LogP contribution is 2.50. The van der Waals surface area contributed by atoms with E-state index in [0.717, 1.165) is 17.0 Å². The number of nitrogens with one attached hydrogen (secondary N) is 1. The van der Waals surface area contributed by atoms with Gasteiger partial charge in [-0.25, -0.2) is 0 Å². The van der Waals surface area contributed by atoms with Gasteiger partial charge in [0.2, 0.25) is 0 Å². The van der Waals surface area contributed by atoms with Crippen LogP contribution in [0.4, 0.5) is 5.69 Å². The summed E-state index contributed by atoms with van der Waals surface area (Å²) in [5.41, 5.74) is 2.07. The molecule has 2 atom stereocenters. The lowest BCUT2D eigenvalue weighted by Crippen LogP contribution is -2.31. The Bertz CT molecular complexity index is 556. The minimum absolute atomic E-state index is 0.0237. The Hall–Kier alpha value is -1.22. The average molecular weight is 308 g/mol. The van der Waals surface area contributed by atoms with Crippen molar-refractivity contribution in [2.24, 2.45) is 11.3 Å². The van der Waals surface area contributed by atoms with Gasteiger partial charge in [0.15, 0.2) is 6.61 Å². The minimum atomic E-state index is -0.108. The molecule has 2 aliphatic rings. The van der Waals surface area contributed by atoms with Crippen molar-refractivity contribution >= 4 is 23.2 Å². The van der Waals surface area contributed by atoms with E-state index in [1.54, 1.807) is 0 Å². The fraction of sp³-hybridized carbons (Fsp3) is 0.588. The van der Waals surface area contributed by atoms with Crippen molar-refractivity contribution in [1.82, 2.24) is 0 Å². The summed E-state index contributed by atoms with van der Waals surface area (Å²) in [6, 6.07) is 5.91. The molecule has 1 aliphatic heterocycles. The number of amides is 1. The number of carbonyl (C=O) groups excluding carboxylic acids is 1. The second kappa shape index (κ2) is 5.53. The number of fused-ring (bicyclic) bond motifs is 1. The molecule has 2 unspecified atom stereocenters. The molecule has 1 aromatic carbocycles. The number of hydrogen-bond donors (Lipinski definition) is 1. The first kappa shape index (κ1) is 14.7. The molecule has 21 heavy (non-hydrogen) atoms. The summed E-state index contributed by atoms with van der Waals surface area (Å²) in [6.07, 6.45) is 4.94. The zero-order chi connectivity index (χ0) is 15.0. The predicted octanol–water partition coefficient (Wildman–Crippen LogP) is 4.51. The van der Waals surface area contributed by atoms with Crippen LogP contribution in [-0.4, -0.2) is 12.5 Å². The van der Waals surface area contributed by atoms with E-state index in [1.165, 1.54) is 25.7 Å². The predicted molar refractivity (Wildman–Crippen MR) is 84.9 cm³/mol. The Labute approximate surface area is 131 Å². The summed E-state index contributed by atoms with van der Waals surface area (Å²) in [6.45, 7) is 4.72. The molecule has 0 aromatic heterocycles. The first-order chi connectivity index (χ1) is 9.97. The van der Waals surface area contributed by atoms with Gasteiger partial charge in [0.05, 0.1) is 11.1 Å². The number of benzene rings is 1. The van der Waals surface area contributed by atoms with Gasteiger partial charge in [-0.2, -0.15) is 0 Å². The van der Waals surface area contributed by atoms with E-state index in [4.69, 9.17) is 16.3 Å². The van der Waals surface area contributed by atoms with Gasteiger partial charge in [0.1, 0.15) is 5.75 Å². The zero-order valence-electron chi connectivity index (χ0n) is 12.6. The smallest absolute Gasteiger partial charge is 0.262 e. The number of rotatable bonds is 2. The number of anilines is 1. The first-order valence-electron chi connectivity index (χ1n) is 7.68. The van der Waals surface area contributed by atoms with Crippen LogP contribution in [0.15, 0.2) is 18.2 Å². The second-order valence-corrected chi connectivity index (χ2v) is 7.31. The molecule has 4 heteroatoms. The van der Waals surface area contributed by atoms with E-state index in [1.807, 2.05) is 18.2 Å². The number of carbonyl (C=O) groups is 1. The lowest BCUT2D eigenvalue weighted by Gasteiger charge is -2.41. The fourth-order valence-electron chi connectivity index (χ4n) is 3.57. The Morgan fingerprint density at radius 2 is 2.19 bits per heavy atom. The fourth-order valence-corrected chi connectivity index (χ4v) is 4.17. The SMILES string of the molecule is CC1(C)CCCCC1C(Cl)c1ccc2c(c1)NC(=O)CO2. The molecule has 1 aromatic rings. The quantitative estimate of drug-likeness (QED) is 0.816. The summed E-state index contributed by atoms with van der Waals surface area (Å²) in [5, 5.41) is 2.83. The molecule has 1 aliphatic carbocycles. The zero-order valence-corrected chi connectivity index (χ0v) is 13.4. The molecular weight excluding hydrogens is 286 g/mol. The standard InChI is InChI=1S/C17H22ClNO2/c1-17(2)8-4-3-5-12(17)16(18)11-6-7-14-13(9-11)19-15(20)10-21-14/h6-7,9,12,16H,3-5,8,10H2,1-2H3,(H,19,20). The maximum absolute atomic E-state index is 11.4. The van der Waals surface area contributed by atoms with Gasteiger partial charge in [-0.3, -0.25) is 4.79 Å². The van der Waals surface area contributed by atoms with Crippen molar-refractivity contribution < 1.29 is 9.53 Å². The molecule has 3 rings (SSSR count). The summed E-state index contributed by atoms with van der Waals surface area (Å²) in [4.78, 5) is 11.4. The minimum Gasteiger partial charge on any atom is -0.482 e. The molecular formula is C17H22ClNO2. The maximum Gasteiger partial charge on any atom is 0.262 e. The van der Waals surface area contributed by atoms with Crippen LogP contribution in [0.2, 0.25) is 0 Å². The topological polar surface area (TPSA) is 38.3 Å². The largest absolute Gasteiger partial charge is 0.482 e. The molecule has 0 bridgehead atoms. The van der Waals surface area contributed by atoms with Crippen LogP contribution in [-0.2, 0) is 4.79 Å².